The minimum atomic E-state index is -0.0730. The van der Waals surface area contributed by atoms with Crippen LogP contribution in [0.25, 0.3) is 0 Å². The highest BCUT2D eigenvalue weighted by molar-refractivity contribution is 6.34. The molecule has 0 bridgehead atoms. The number of aryl methyl sites for hydroxylation is 2. The van der Waals surface area contributed by atoms with Gasteiger partial charge in [-0.2, -0.15) is 0 Å². The summed E-state index contributed by atoms with van der Waals surface area (Å²) in [5, 5.41) is 5.36. The maximum atomic E-state index is 12.4. The largest absolute Gasteiger partial charge is 0.322 e. The fourth-order valence-electron chi connectivity index (χ4n) is 3.85. The molecular weight excluding hydrogens is 393 g/mol. The number of nitrogens with zero attached hydrogens (tertiary/aromatic N) is 2. The van der Waals surface area contributed by atoms with Crippen molar-refractivity contribution in [3.63, 3.8) is 0 Å². The third-order valence-electron chi connectivity index (χ3n) is 5.35. The van der Waals surface area contributed by atoms with Gasteiger partial charge in [-0.15, -0.1) is 0 Å². The summed E-state index contributed by atoms with van der Waals surface area (Å²) in [5.74, 6) is -0.0730. The van der Waals surface area contributed by atoms with Crippen molar-refractivity contribution < 1.29 is 4.79 Å². The lowest BCUT2D eigenvalue weighted by Gasteiger charge is -2.35. The van der Waals surface area contributed by atoms with E-state index in [-0.39, 0.29) is 18.5 Å². The smallest absolute Gasteiger partial charge is 0.254 e. The first-order valence-corrected chi connectivity index (χ1v) is 10.6. The van der Waals surface area contributed by atoms with Gasteiger partial charge >= 0.3 is 0 Å². The summed E-state index contributed by atoms with van der Waals surface area (Å²) in [6.07, 6.45) is 4.98. The summed E-state index contributed by atoms with van der Waals surface area (Å²) >= 11 is 12.8. The van der Waals surface area contributed by atoms with Gasteiger partial charge in [-0.05, 0) is 55.9 Å². The molecule has 1 saturated heterocycles. The van der Waals surface area contributed by atoms with Crippen LogP contribution < -0.4 is 10.7 Å². The fraction of sp³-hybridized carbons (Fsp3) is 0.409. The predicted molar refractivity (Wildman–Crippen MR) is 117 cm³/mol. The van der Waals surface area contributed by atoms with Crippen LogP contribution in [-0.4, -0.2) is 30.0 Å². The van der Waals surface area contributed by atoms with Gasteiger partial charge in [-0.1, -0.05) is 60.0 Å². The zero-order chi connectivity index (χ0) is 20.1. The first-order valence-electron chi connectivity index (χ1n) is 9.81. The molecule has 2 aromatic carbocycles. The molecule has 1 heterocycles. The number of carbonyl (C=O) groups excluding carboxylic acids is 1. The van der Waals surface area contributed by atoms with Gasteiger partial charge < -0.3 is 5.73 Å². The standard InChI is InChI=1S/C22H27Cl2N3O/c1-16-7-6-12-20(22(16)24)27-18(13-14-26(27)21(28)15-25)10-4-2-8-17-9-3-5-11-19(17)23/h3,5-7,9,11-12,18H,2,4,8,10,13-15,25H2,1H3. The van der Waals surface area contributed by atoms with E-state index in [1.165, 1.54) is 5.56 Å². The van der Waals surface area contributed by atoms with E-state index < -0.39 is 0 Å². The van der Waals surface area contributed by atoms with Crippen LogP contribution in [0.4, 0.5) is 5.69 Å². The monoisotopic (exact) mass is 419 g/mol. The van der Waals surface area contributed by atoms with Gasteiger partial charge in [0.15, 0.2) is 0 Å². The number of hydrogen-bond donors (Lipinski definition) is 1. The molecule has 4 nitrogen and oxygen atoms in total. The van der Waals surface area contributed by atoms with Gasteiger partial charge in [-0.25, -0.2) is 0 Å². The molecule has 2 N–H and O–H groups in total. The van der Waals surface area contributed by atoms with Crippen molar-refractivity contribution in [3.8, 4) is 0 Å². The van der Waals surface area contributed by atoms with E-state index in [9.17, 15) is 4.79 Å². The molecule has 0 aromatic heterocycles. The molecule has 0 radical (unpaired) electrons. The SMILES string of the molecule is Cc1cccc(N2C(CCCCc3ccccc3Cl)CCN2C(=O)CN)c1Cl. The van der Waals surface area contributed by atoms with Crippen molar-refractivity contribution in [1.82, 2.24) is 5.01 Å². The molecule has 3 rings (SSSR count). The molecular formula is C22H27Cl2N3O. The molecule has 0 spiro atoms. The molecule has 28 heavy (non-hydrogen) atoms. The Hall–Kier alpha value is -1.75. The number of halogens is 2. The minimum Gasteiger partial charge on any atom is -0.322 e. The Balaban J connectivity index is 1.69. The Kier molecular flexibility index (Phi) is 7.22. The van der Waals surface area contributed by atoms with Gasteiger partial charge in [0.2, 0.25) is 0 Å². The molecule has 1 aliphatic heterocycles. The minimum absolute atomic E-state index is 0.000832. The average Bonchev–Trinajstić information content (AvgIpc) is 3.11. The number of hydrogen-bond acceptors (Lipinski definition) is 3. The molecule has 150 valence electrons. The van der Waals surface area contributed by atoms with Crippen LogP contribution in [0, 0.1) is 6.92 Å². The molecule has 1 fully saturated rings. The Morgan fingerprint density at radius 2 is 1.93 bits per heavy atom. The topological polar surface area (TPSA) is 49.6 Å². The maximum Gasteiger partial charge on any atom is 0.254 e. The van der Waals surface area contributed by atoms with E-state index in [4.69, 9.17) is 28.9 Å². The third kappa shape index (κ3) is 4.62. The van der Waals surface area contributed by atoms with E-state index in [0.29, 0.717) is 11.6 Å². The van der Waals surface area contributed by atoms with Crippen LogP contribution in [-0.2, 0) is 11.2 Å². The van der Waals surface area contributed by atoms with Gasteiger partial charge in [0, 0.05) is 11.6 Å². The lowest BCUT2D eigenvalue weighted by molar-refractivity contribution is -0.129. The fourth-order valence-corrected chi connectivity index (χ4v) is 4.29. The van der Waals surface area contributed by atoms with E-state index in [0.717, 1.165) is 48.4 Å². The van der Waals surface area contributed by atoms with Crippen LogP contribution in [0.1, 0.15) is 36.8 Å². The molecule has 1 atom stereocenters. The second-order valence-corrected chi connectivity index (χ2v) is 8.04. The summed E-state index contributed by atoms with van der Waals surface area (Å²) < 4.78 is 0. The second-order valence-electron chi connectivity index (χ2n) is 7.25. The average molecular weight is 420 g/mol. The highest BCUT2D eigenvalue weighted by Crippen LogP contribution is 2.36. The Labute approximate surface area is 177 Å². The summed E-state index contributed by atoms with van der Waals surface area (Å²) in [6, 6.07) is 14.2. The molecule has 1 amide bonds. The van der Waals surface area contributed by atoms with Crippen molar-refractivity contribution in [2.24, 2.45) is 5.73 Å². The van der Waals surface area contributed by atoms with Crippen LogP contribution in [0.5, 0.6) is 0 Å². The van der Waals surface area contributed by atoms with Crippen molar-refractivity contribution in [2.45, 2.75) is 45.1 Å². The molecule has 2 aromatic rings. The first kappa shape index (κ1) is 21.0. The van der Waals surface area contributed by atoms with Crippen molar-refractivity contribution in [2.75, 3.05) is 18.1 Å². The number of hydrazine groups is 1. The molecule has 1 aliphatic rings. The number of carbonyl (C=O) groups is 1. The van der Waals surface area contributed by atoms with Crippen LogP contribution >= 0.6 is 23.2 Å². The number of unbranched alkanes of at least 4 members (excludes halogenated alkanes) is 1. The zero-order valence-electron chi connectivity index (χ0n) is 16.2. The Morgan fingerprint density at radius 3 is 2.68 bits per heavy atom. The molecule has 6 heteroatoms. The summed E-state index contributed by atoms with van der Waals surface area (Å²) in [4.78, 5) is 12.4. The van der Waals surface area contributed by atoms with Crippen LogP contribution in [0.2, 0.25) is 10.0 Å². The molecule has 0 saturated carbocycles. The predicted octanol–water partition coefficient (Wildman–Crippen LogP) is 5.00. The first-order chi connectivity index (χ1) is 13.5. The number of anilines is 1. The van der Waals surface area contributed by atoms with Gasteiger partial charge in [-0.3, -0.25) is 14.8 Å². The highest BCUT2D eigenvalue weighted by atomic mass is 35.5. The quantitative estimate of drug-likeness (QED) is 0.642. The summed E-state index contributed by atoms with van der Waals surface area (Å²) in [7, 11) is 0. The second kappa shape index (κ2) is 9.64. The Morgan fingerprint density at radius 1 is 1.14 bits per heavy atom. The number of amides is 1. The van der Waals surface area contributed by atoms with E-state index >= 15 is 0 Å². The maximum absolute atomic E-state index is 12.4. The number of rotatable bonds is 7. The van der Waals surface area contributed by atoms with Gasteiger partial charge in [0.05, 0.1) is 23.3 Å². The lowest BCUT2D eigenvalue weighted by atomic mass is 10.0. The number of benzene rings is 2. The summed E-state index contributed by atoms with van der Waals surface area (Å²) in [6.45, 7) is 2.66. The van der Waals surface area contributed by atoms with E-state index in [2.05, 4.69) is 11.1 Å². The van der Waals surface area contributed by atoms with Crippen LogP contribution in [0.15, 0.2) is 42.5 Å². The molecule has 0 aliphatic carbocycles. The molecule has 1 unspecified atom stereocenters. The normalized spacial score (nSPS) is 16.6. The van der Waals surface area contributed by atoms with Crippen molar-refractivity contribution in [1.29, 1.82) is 0 Å². The Bertz CT molecular complexity index is 827. The lowest BCUT2D eigenvalue weighted by Crippen LogP contribution is -2.47. The highest BCUT2D eigenvalue weighted by Gasteiger charge is 2.35. The van der Waals surface area contributed by atoms with Crippen molar-refractivity contribution >= 4 is 34.8 Å². The van der Waals surface area contributed by atoms with E-state index in [1.54, 1.807) is 5.01 Å². The summed E-state index contributed by atoms with van der Waals surface area (Å²) in [5.41, 5.74) is 8.72. The third-order valence-corrected chi connectivity index (χ3v) is 6.21. The van der Waals surface area contributed by atoms with Crippen LogP contribution in [0.3, 0.4) is 0 Å². The van der Waals surface area contributed by atoms with Gasteiger partial charge in [0.1, 0.15) is 0 Å². The van der Waals surface area contributed by atoms with Gasteiger partial charge in [0.25, 0.3) is 5.91 Å². The van der Waals surface area contributed by atoms with E-state index in [1.807, 2.05) is 43.3 Å². The zero-order valence-corrected chi connectivity index (χ0v) is 17.7. The number of nitrogens with two attached hydrogens (primary N) is 1. The van der Waals surface area contributed by atoms with Crippen molar-refractivity contribution in [3.05, 3.63) is 63.6 Å².